The van der Waals surface area contributed by atoms with Crippen LogP contribution < -0.4 is 0 Å². The van der Waals surface area contributed by atoms with Crippen molar-refractivity contribution in [3.63, 3.8) is 0 Å². The van der Waals surface area contributed by atoms with Gasteiger partial charge in [0.2, 0.25) is 5.91 Å². The van der Waals surface area contributed by atoms with Crippen molar-refractivity contribution < 1.29 is 18.4 Å². The lowest BCUT2D eigenvalue weighted by molar-refractivity contribution is -0.134. The number of halogens is 3. The minimum Gasteiger partial charge on any atom is -0.339 e. The van der Waals surface area contributed by atoms with Gasteiger partial charge in [0.1, 0.15) is 11.6 Å². The Hall–Kier alpha value is -2.47. The minimum atomic E-state index is -0.495. The molecule has 0 spiro atoms. The van der Waals surface area contributed by atoms with Crippen LogP contribution >= 0.6 is 11.6 Å². The first kappa shape index (κ1) is 18.9. The summed E-state index contributed by atoms with van der Waals surface area (Å²) in [6.07, 6.45) is 0.657. The van der Waals surface area contributed by atoms with E-state index in [1.165, 1.54) is 18.2 Å². The van der Waals surface area contributed by atoms with Crippen LogP contribution in [0.2, 0.25) is 5.02 Å². The lowest BCUT2D eigenvalue weighted by atomic mass is 10.1. The molecule has 0 radical (unpaired) electrons. The van der Waals surface area contributed by atoms with E-state index in [1.54, 1.807) is 28.0 Å². The molecule has 2 amide bonds. The summed E-state index contributed by atoms with van der Waals surface area (Å²) in [6, 6.07) is 10.3. The van der Waals surface area contributed by atoms with Gasteiger partial charge in [0, 0.05) is 32.1 Å². The fourth-order valence-electron chi connectivity index (χ4n) is 3.79. The van der Waals surface area contributed by atoms with Crippen molar-refractivity contribution >= 4 is 23.4 Å². The van der Waals surface area contributed by atoms with Gasteiger partial charge in [0.25, 0.3) is 5.91 Å². The summed E-state index contributed by atoms with van der Waals surface area (Å²) in [5, 5.41) is 0.0780. The fourth-order valence-corrected chi connectivity index (χ4v) is 4.03. The Morgan fingerprint density at radius 2 is 1.64 bits per heavy atom. The van der Waals surface area contributed by atoms with Gasteiger partial charge in [-0.25, -0.2) is 8.78 Å². The van der Waals surface area contributed by atoms with Crippen molar-refractivity contribution in [2.45, 2.75) is 12.3 Å². The summed E-state index contributed by atoms with van der Waals surface area (Å²) in [7, 11) is 0. The molecule has 28 heavy (non-hydrogen) atoms. The summed E-state index contributed by atoms with van der Waals surface area (Å²) in [5.41, 5.74) is 0.852. The maximum absolute atomic E-state index is 13.9. The van der Waals surface area contributed by atoms with Crippen LogP contribution in [0.25, 0.3) is 0 Å². The molecule has 1 saturated carbocycles. The van der Waals surface area contributed by atoms with Gasteiger partial charge < -0.3 is 9.80 Å². The van der Waals surface area contributed by atoms with Crippen molar-refractivity contribution in [1.29, 1.82) is 0 Å². The molecule has 2 aliphatic rings. The highest BCUT2D eigenvalue weighted by atomic mass is 35.5. The molecule has 1 aliphatic heterocycles. The molecule has 2 atom stereocenters. The summed E-state index contributed by atoms with van der Waals surface area (Å²) in [5.74, 6) is -1.27. The van der Waals surface area contributed by atoms with Crippen LogP contribution in [0.1, 0.15) is 28.3 Å². The molecule has 2 unspecified atom stereocenters. The Bertz CT molecular complexity index is 928. The van der Waals surface area contributed by atoms with Crippen molar-refractivity contribution in [1.82, 2.24) is 9.80 Å². The standard InChI is InChI=1S/C21H19ClF2N2O2/c22-18-11-13(23)5-6-15(18)20(27)25-7-9-26(10-8-25)21(28)17-12-16(17)14-3-1-2-4-19(14)24/h1-6,11,16-17H,7-10,12H2. The van der Waals surface area contributed by atoms with Crippen molar-refractivity contribution in [2.24, 2.45) is 5.92 Å². The first-order valence-electron chi connectivity index (χ1n) is 9.23. The molecule has 0 aromatic heterocycles. The van der Waals surface area contributed by atoms with Gasteiger partial charge in [-0.1, -0.05) is 29.8 Å². The number of piperazine rings is 1. The summed E-state index contributed by atoms with van der Waals surface area (Å²) in [4.78, 5) is 28.7. The normalized spacial score (nSPS) is 21.5. The Kier molecular flexibility index (Phi) is 5.06. The average Bonchev–Trinajstić information content (AvgIpc) is 3.48. The van der Waals surface area contributed by atoms with E-state index in [2.05, 4.69) is 0 Å². The highest BCUT2D eigenvalue weighted by molar-refractivity contribution is 6.33. The molecule has 146 valence electrons. The lowest BCUT2D eigenvalue weighted by Crippen LogP contribution is -2.51. The van der Waals surface area contributed by atoms with Gasteiger partial charge in [-0.3, -0.25) is 9.59 Å². The van der Waals surface area contributed by atoms with Crippen LogP contribution in [-0.2, 0) is 4.79 Å². The zero-order valence-electron chi connectivity index (χ0n) is 15.1. The second kappa shape index (κ2) is 7.51. The number of nitrogens with zero attached hydrogens (tertiary/aromatic N) is 2. The highest BCUT2D eigenvalue weighted by Gasteiger charge is 2.47. The van der Waals surface area contributed by atoms with E-state index >= 15 is 0 Å². The topological polar surface area (TPSA) is 40.6 Å². The zero-order chi connectivity index (χ0) is 19.8. The molecular formula is C21H19ClF2N2O2. The van der Waals surface area contributed by atoms with Crippen molar-refractivity contribution in [3.05, 3.63) is 70.2 Å². The van der Waals surface area contributed by atoms with Crippen molar-refractivity contribution in [3.8, 4) is 0 Å². The predicted molar refractivity (Wildman–Crippen MR) is 101 cm³/mol. The van der Waals surface area contributed by atoms with Crippen molar-refractivity contribution in [2.75, 3.05) is 26.2 Å². The van der Waals surface area contributed by atoms with Crippen LogP contribution in [0.15, 0.2) is 42.5 Å². The summed E-state index contributed by atoms with van der Waals surface area (Å²) in [6.45, 7) is 1.61. The molecule has 0 bridgehead atoms. The number of hydrogen-bond acceptors (Lipinski definition) is 2. The van der Waals surface area contributed by atoms with Gasteiger partial charge in [-0.05, 0) is 42.2 Å². The highest BCUT2D eigenvalue weighted by Crippen LogP contribution is 2.49. The third-order valence-electron chi connectivity index (χ3n) is 5.45. The number of carbonyl (C=O) groups is 2. The van der Waals surface area contributed by atoms with Gasteiger partial charge in [0.05, 0.1) is 10.6 Å². The van der Waals surface area contributed by atoms with E-state index in [9.17, 15) is 18.4 Å². The number of amides is 2. The van der Waals surface area contributed by atoms with Gasteiger partial charge in [0.15, 0.2) is 0 Å². The third-order valence-corrected chi connectivity index (χ3v) is 5.77. The Balaban J connectivity index is 1.35. The van der Waals surface area contributed by atoms with Crippen LogP contribution in [0.5, 0.6) is 0 Å². The summed E-state index contributed by atoms with van der Waals surface area (Å²) >= 11 is 5.98. The van der Waals surface area contributed by atoms with E-state index in [0.717, 1.165) is 6.07 Å². The molecule has 4 nitrogen and oxygen atoms in total. The molecule has 1 heterocycles. The first-order valence-corrected chi connectivity index (χ1v) is 9.61. The molecule has 2 fully saturated rings. The molecule has 0 N–H and O–H groups in total. The summed E-state index contributed by atoms with van der Waals surface area (Å²) < 4.78 is 27.1. The number of hydrogen-bond donors (Lipinski definition) is 0. The zero-order valence-corrected chi connectivity index (χ0v) is 15.8. The van der Waals surface area contributed by atoms with E-state index in [-0.39, 0.29) is 40.1 Å². The third kappa shape index (κ3) is 3.61. The monoisotopic (exact) mass is 404 g/mol. The Morgan fingerprint density at radius 1 is 0.964 bits per heavy atom. The number of benzene rings is 2. The van der Waals surface area contributed by atoms with Crippen LogP contribution in [0, 0.1) is 17.6 Å². The van der Waals surface area contributed by atoms with Crippen LogP contribution in [-0.4, -0.2) is 47.8 Å². The second-order valence-corrected chi connectivity index (χ2v) is 7.62. The SMILES string of the molecule is O=C(c1ccc(F)cc1Cl)N1CCN(C(=O)C2CC2c2ccccc2F)CC1. The number of carbonyl (C=O) groups excluding carboxylic acids is 2. The molecule has 1 saturated heterocycles. The molecule has 7 heteroatoms. The molecule has 4 rings (SSSR count). The maximum atomic E-state index is 13.9. The lowest BCUT2D eigenvalue weighted by Gasteiger charge is -2.35. The largest absolute Gasteiger partial charge is 0.339 e. The molecule has 2 aromatic rings. The Morgan fingerprint density at radius 3 is 2.32 bits per heavy atom. The van der Waals surface area contributed by atoms with Gasteiger partial charge >= 0.3 is 0 Å². The molecular weight excluding hydrogens is 386 g/mol. The van der Waals surface area contributed by atoms with Gasteiger partial charge in [-0.2, -0.15) is 0 Å². The number of rotatable bonds is 3. The fraction of sp³-hybridized carbons (Fsp3) is 0.333. The van der Waals surface area contributed by atoms with E-state index in [4.69, 9.17) is 11.6 Å². The quantitative estimate of drug-likeness (QED) is 0.782. The van der Waals surface area contributed by atoms with Crippen LogP contribution in [0.3, 0.4) is 0 Å². The minimum absolute atomic E-state index is 0.0140. The van der Waals surface area contributed by atoms with Crippen LogP contribution in [0.4, 0.5) is 8.78 Å². The maximum Gasteiger partial charge on any atom is 0.255 e. The second-order valence-electron chi connectivity index (χ2n) is 7.21. The first-order chi connectivity index (χ1) is 13.5. The Labute approximate surface area is 166 Å². The molecule has 1 aliphatic carbocycles. The predicted octanol–water partition coefficient (Wildman–Crippen LogP) is 3.71. The van der Waals surface area contributed by atoms with Gasteiger partial charge in [-0.15, -0.1) is 0 Å². The van der Waals surface area contributed by atoms with E-state index in [1.807, 2.05) is 0 Å². The van der Waals surface area contributed by atoms with E-state index in [0.29, 0.717) is 38.2 Å². The molecule has 2 aromatic carbocycles. The smallest absolute Gasteiger partial charge is 0.255 e. The van der Waals surface area contributed by atoms with E-state index < -0.39 is 5.82 Å². The average molecular weight is 405 g/mol.